The molecule has 0 aliphatic heterocycles. The van der Waals surface area contributed by atoms with Gasteiger partial charge in [0.2, 0.25) is 5.91 Å². The fourth-order valence-corrected chi connectivity index (χ4v) is 2.60. The summed E-state index contributed by atoms with van der Waals surface area (Å²) in [6, 6.07) is 17.9. The van der Waals surface area contributed by atoms with Gasteiger partial charge in [-0.15, -0.1) is 0 Å². The minimum Gasteiger partial charge on any atom is -0.354 e. The number of anilines is 3. The first-order valence-electron chi connectivity index (χ1n) is 8.38. The van der Waals surface area contributed by atoms with Gasteiger partial charge in [0.25, 0.3) is 0 Å². The van der Waals surface area contributed by atoms with Crippen LogP contribution in [0.1, 0.15) is 22.8 Å². The zero-order valence-corrected chi connectivity index (χ0v) is 15.5. The van der Waals surface area contributed by atoms with E-state index in [1.54, 1.807) is 36.5 Å². The molecule has 136 valence electrons. The van der Waals surface area contributed by atoms with Crippen molar-refractivity contribution in [3.05, 3.63) is 83.0 Å². The molecule has 27 heavy (non-hydrogen) atoms. The summed E-state index contributed by atoms with van der Waals surface area (Å²) in [5, 5.41) is 6.60. The summed E-state index contributed by atoms with van der Waals surface area (Å²) in [5.41, 5.74) is 3.17. The average Bonchev–Trinajstić information content (AvgIpc) is 2.66. The van der Waals surface area contributed by atoms with Crippen LogP contribution in [0.25, 0.3) is 0 Å². The quantitative estimate of drug-likeness (QED) is 0.600. The van der Waals surface area contributed by atoms with Gasteiger partial charge >= 0.3 is 0 Å². The Morgan fingerprint density at radius 3 is 2.19 bits per heavy atom. The molecule has 0 fully saturated rings. The van der Waals surface area contributed by atoms with E-state index < -0.39 is 0 Å². The van der Waals surface area contributed by atoms with Crippen molar-refractivity contribution in [2.75, 3.05) is 10.6 Å². The summed E-state index contributed by atoms with van der Waals surface area (Å²) in [6.07, 6.45) is 1.89. The number of rotatable bonds is 6. The molecule has 0 saturated heterocycles. The van der Waals surface area contributed by atoms with E-state index in [4.69, 9.17) is 11.6 Å². The number of halogens is 1. The van der Waals surface area contributed by atoms with Crippen LogP contribution in [-0.2, 0) is 11.2 Å². The Morgan fingerprint density at radius 2 is 1.59 bits per heavy atom. The lowest BCUT2D eigenvalue weighted by molar-refractivity contribution is -0.115. The van der Waals surface area contributed by atoms with Crippen molar-refractivity contribution in [3.63, 3.8) is 0 Å². The lowest BCUT2D eigenvalue weighted by Gasteiger charge is -2.08. The molecule has 5 nitrogen and oxygen atoms in total. The maximum absolute atomic E-state index is 12.1. The molecule has 0 aliphatic rings. The van der Waals surface area contributed by atoms with Gasteiger partial charge in [-0.3, -0.25) is 9.59 Å². The molecule has 0 unspecified atom stereocenters. The summed E-state index contributed by atoms with van der Waals surface area (Å²) in [5.74, 6) is 0.360. The Kier molecular flexibility index (Phi) is 5.84. The Balaban J connectivity index is 1.57. The van der Waals surface area contributed by atoms with Crippen LogP contribution in [0.4, 0.5) is 17.2 Å². The Hall–Kier alpha value is -3.18. The third-order valence-corrected chi connectivity index (χ3v) is 4.14. The van der Waals surface area contributed by atoms with E-state index in [1.165, 1.54) is 6.92 Å². The fraction of sp³-hybridized carbons (Fsp3) is 0.0952. The third kappa shape index (κ3) is 5.39. The first-order chi connectivity index (χ1) is 13.0. The number of hydrogen-bond acceptors (Lipinski definition) is 4. The van der Waals surface area contributed by atoms with Crippen LogP contribution in [0.2, 0.25) is 5.02 Å². The minimum atomic E-state index is -0.148. The van der Waals surface area contributed by atoms with Crippen LogP contribution in [0.3, 0.4) is 0 Å². The van der Waals surface area contributed by atoms with Gasteiger partial charge in [0.15, 0.2) is 5.78 Å². The Labute approximate surface area is 162 Å². The molecule has 2 aromatic carbocycles. The summed E-state index contributed by atoms with van der Waals surface area (Å²) in [7, 11) is 0. The van der Waals surface area contributed by atoms with Crippen LogP contribution >= 0.6 is 11.6 Å². The lowest BCUT2D eigenvalue weighted by atomic mass is 10.1. The number of carbonyl (C=O) groups excluding carboxylic acids is 2. The molecule has 0 bridgehead atoms. The average molecular weight is 380 g/mol. The fourth-order valence-electron chi connectivity index (χ4n) is 2.47. The largest absolute Gasteiger partial charge is 0.354 e. The predicted octanol–water partition coefficient (Wildman–Crippen LogP) is 4.86. The second-order valence-electron chi connectivity index (χ2n) is 6.04. The smallest absolute Gasteiger partial charge is 0.229 e. The second-order valence-corrected chi connectivity index (χ2v) is 6.48. The highest BCUT2D eigenvalue weighted by Crippen LogP contribution is 2.18. The van der Waals surface area contributed by atoms with Gasteiger partial charge in [-0.05, 0) is 61.0 Å². The molecule has 0 spiro atoms. The number of benzene rings is 2. The van der Waals surface area contributed by atoms with Gasteiger partial charge in [0, 0.05) is 16.3 Å². The number of ketones is 1. The van der Waals surface area contributed by atoms with Crippen molar-refractivity contribution in [3.8, 4) is 0 Å². The third-order valence-electron chi connectivity index (χ3n) is 3.89. The SMILES string of the molecule is CC(=O)c1ccc(Nc2ccc(NC(=O)Cc3ccc(Cl)cc3)nc2)cc1. The molecular weight excluding hydrogens is 362 g/mol. The molecular formula is C21H18ClN3O2. The highest BCUT2D eigenvalue weighted by molar-refractivity contribution is 6.30. The standard InChI is InChI=1S/C21H18ClN3O2/c1-14(26)16-4-8-18(9-5-16)24-19-10-11-20(23-13-19)25-21(27)12-15-2-6-17(22)7-3-15/h2-11,13,24H,12H2,1H3,(H,23,25,27). The van der Waals surface area contributed by atoms with Gasteiger partial charge in [-0.25, -0.2) is 4.98 Å². The molecule has 0 saturated carbocycles. The van der Waals surface area contributed by atoms with Gasteiger partial charge in [0.1, 0.15) is 5.82 Å². The summed E-state index contributed by atoms with van der Waals surface area (Å²) >= 11 is 5.84. The summed E-state index contributed by atoms with van der Waals surface area (Å²) in [4.78, 5) is 27.6. The van der Waals surface area contributed by atoms with E-state index in [-0.39, 0.29) is 18.1 Å². The monoisotopic (exact) mass is 379 g/mol. The van der Waals surface area contributed by atoms with Crippen molar-refractivity contribution in [2.24, 2.45) is 0 Å². The molecule has 1 amide bonds. The molecule has 2 N–H and O–H groups in total. The van der Waals surface area contributed by atoms with Gasteiger partial charge in [-0.1, -0.05) is 23.7 Å². The van der Waals surface area contributed by atoms with Crippen LogP contribution in [0.5, 0.6) is 0 Å². The summed E-state index contributed by atoms with van der Waals surface area (Å²) < 4.78 is 0. The van der Waals surface area contributed by atoms with E-state index in [0.717, 1.165) is 16.9 Å². The number of nitrogens with one attached hydrogen (secondary N) is 2. The van der Waals surface area contributed by atoms with Crippen molar-refractivity contribution in [1.82, 2.24) is 4.98 Å². The van der Waals surface area contributed by atoms with Crippen molar-refractivity contribution in [2.45, 2.75) is 13.3 Å². The van der Waals surface area contributed by atoms with Crippen molar-refractivity contribution in [1.29, 1.82) is 0 Å². The Bertz CT molecular complexity index is 937. The maximum Gasteiger partial charge on any atom is 0.229 e. The highest BCUT2D eigenvalue weighted by atomic mass is 35.5. The molecule has 6 heteroatoms. The van der Waals surface area contributed by atoms with E-state index in [9.17, 15) is 9.59 Å². The van der Waals surface area contributed by atoms with Gasteiger partial charge < -0.3 is 10.6 Å². The van der Waals surface area contributed by atoms with Crippen LogP contribution in [0, 0.1) is 0 Å². The molecule has 3 aromatic rings. The number of Topliss-reactive ketones (excluding diaryl/α,β-unsaturated/α-hetero) is 1. The van der Waals surface area contributed by atoms with Gasteiger partial charge in [0.05, 0.1) is 18.3 Å². The summed E-state index contributed by atoms with van der Waals surface area (Å²) in [6.45, 7) is 1.53. The van der Waals surface area contributed by atoms with Crippen molar-refractivity contribution >= 4 is 40.5 Å². The predicted molar refractivity (Wildman–Crippen MR) is 108 cm³/mol. The van der Waals surface area contributed by atoms with Gasteiger partial charge in [-0.2, -0.15) is 0 Å². The van der Waals surface area contributed by atoms with Crippen LogP contribution in [0.15, 0.2) is 66.9 Å². The molecule has 3 rings (SSSR count). The zero-order valence-electron chi connectivity index (χ0n) is 14.7. The number of pyridine rings is 1. The van der Waals surface area contributed by atoms with E-state index in [0.29, 0.717) is 16.4 Å². The topological polar surface area (TPSA) is 71.1 Å². The normalized spacial score (nSPS) is 10.3. The molecule has 1 aromatic heterocycles. The van der Waals surface area contributed by atoms with Crippen LogP contribution in [-0.4, -0.2) is 16.7 Å². The second kappa shape index (κ2) is 8.47. The molecule has 1 heterocycles. The number of hydrogen-bond donors (Lipinski definition) is 2. The van der Waals surface area contributed by atoms with Crippen LogP contribution < -0.4 is 10.6 Å². The number of nitrogens with zero attached hydrogens (tertiary/aromatic N) is 1. The van der Waals surface area contributed by atoms with Crippen molar-refractivity contribution < 1.29 is 9.59 Å². The first-order valence-corrected chi connectivity index (χ1v) is 8.76. The zero-order chi connectivity index (χ0) is 19.2. The number of aromatic nitrogens is 1. The van der Waals surface area contributed by atoms with E-state index >= 15 is 0 Å². The Morgan fingerprint density at radius 1 is 0.926 bits per heavy atom. The minimum absolute atomic E-state index is 0.0295. The molecule has 0 aliphatic carbocycles. The first kappa shape index (κ1) is 18.6. The molecule has 0 radical (unpaired) electrons. The highest BCUT2D eigenvalue weighted by Gasteiger charge is 2.06. The lowest BCUT2D eigenvalue weighted by Crippen LogP contribution is -2.15. The maximum atomic E-state index is 12.1. The number of carbonyl (C=O) groups is 2. The van der Waals surface area contributed by atoms with E-state index in [1.807, 2.05) is 30.3 Å². The number of amides is 1. The molecule has 0 atom stereocenters. The van der Waals surface area contributed by atoms with E-state index in [2.05, 4.69) is 15.6 Å².